The molecule has 0 saturated carbocycles. The topological polar surface area (TPSA) is 146 Å². The van der Waals surface area contributed by atoms with E-state index in [-0.39, 0.29) is 23.8 Å². The second kappa shape index (κ2) is 9.03. The summed E-state index contributed by atoms with van der Waals surface area (Å²) in [6, 6.07) is 7.24. The fourth-order valence-corrected chi connectivity index (χ4v) is 4.53. The van der Waals surface area contributed by atoms with Gasteiger partial charge in [-0.15, -0.1) is 11.8 Å². The normalized spacial score (nSPS) is 20.9. The van der Waals surface area contributed by atoms with Gasteiger partial charge in [0, 0.05) is 16.9 Å². The van der Waals surface area contributed by atoms with E-state index in [9.17, 15) is 29.5 Å². The Morgan fingerprint density at radius 1 is 1.25 bits per heavy atom. The molecule has 0 aliphatic carbocycles. The first-order chi connectivity index (χ1) is 15.1. The van der Waals surface area contributed by atoms with Gasteiger partial charge in [-0.1, -0.05) is 35.5 Å². The predicted octanol–water partition coefficient (Wildman–Crippen LogP) is 1.19. The summed E-state index contributed by atoms with van der Waals surface area (Å²) < 4.78 is 5.23. The first-order valence-electron chi connectivity index (χ1n) is 9.71. The van der Waals surface area contributed by atoms with Gasteiger partial charge in [0.25, 0.3) is 11.8 Å². The minimum Gasteiger partial charge on any atom is -0.477 e. The van der Waals surface area contributed by atoms with E-state index in [1.165, 1.54) is 11.8 Å². The Bertz CT molecular complexity index is 1010. The van der Waals surface area contributed by atoms with E-state index in [1.54, 1.807) is 51.1 Å². The maximum absolute atomic E-state index is 12.7. The summed E-state index contributed by atoms with van der Waals surface area (Å²) >= 11 is 1.25. The van der Waals surface area contributed by atoms with Gasteiger partial charge in [0.2, 0.25) is 0 Å². The number of β-lactam (4-membered cyclic amide) rings is 1. The van der Waals surface area contributed by atoms with Gasteiger partial charge in [0.1, 0.15) is 23.7 Å². The molecule has 1 aromatic rings. The molecule has 32 heavy (non-hydrogen) atoms. The highest BCUT2D eigenvalue weighted by atomic mass is 32.2. The largest absolute Gasteiger partial charge is 0.477 e. The Balaban J connectivity index is 1.74. The molecule has 2 heterocycles. The van der Waals surface area contributed by atoms with Gasteiger partial charge in [-0.2, -0.15) is 0 Å². The van der Waals surface area contributed by atoms with Crippen LogP contribution in [0.25, 0.3) is 0 Å². The second-order valence-corrected chi connectivity index (χ2v) is 9.36. The lowest BCUT2D eigenvalue weighted by Gasteiger charge is -2.49. The van der Waals surface area contributed by atoms with Gasteiger partial charge >= 0.3 is 11.9 Å². The first kappa shape index (κ1) is 23.3. The van der Waals surface area contributed by atoms with Crippen LogP contribution in [-0.4, -0.2) is 68.5 Å². The van der Waals surface area contributed by atoms with Crippen molar-refractivity contribution in [1.29, 1.82) is 0 Å². The van der Waals surface area contributed by atoms with Crippen molar-refractivity contribution in [2.24, 2.45) is 10.6 Å². The lowest BCUT2D eigenvalue weighted by molar-refractivity contribution is -0.153. The Kier molecular flexibility index (Phi) is 6.58. The number of ether oxygens (including phenoxy) is 1. The van der Waals surface area contributed by atoms with Crippen molar-refractivity contribution in [3.8, 4) is 0 Å². The van der Waals surface area contributed by atoms with Crippen molar-refractivity contribution >= 4 is 41.2 Å². The van der Waals surface area contributed by atoms with Crippen LogP contribution in [0.1, 0.15) is 26.3 Å². The summed E-state index contributed by atoms with van der Waals surface area (Å²) in [6.45, 7) is 4.80. The summed E-state index contributed by atoms with van der Waals surface area (Å²) in [5.41, 5.74) is -0.592. The van der Waals surface area contributed by atoms with Crippen LogP contribution in [0.15, 0.2) is 46.8 Å². The monoisotopic (exact) mass is 461 g/mol. The Labute approximate surface area is 188 Å². The number of hydrogen-bond donors (Lipinski definition) is 3. The third-order valence-corrected chi connectivity index (χ3v) is 6.23. The van der Waals surface area contributed by atoms with E-state index in [2.05, 4.69) is 10.5 Å². The number of thioether (sulfide) groups is 1. The molecule has 1 aromatic carbocycles. The number of hydrogen-bond acceptors (Lipinski definition) is 8. The molecule has 2 amide bonds. The number of carboxylic acids is 1. The van der Waals surface area contributed by atoms with Crippen LogP contribution in [0, 0.1) is 5.41 Å². The molecule has 10 nitrogen and oxygen atoms in total. The average molecular weight is 461 g/mol. The van der Waals surface area contributed by atoms with Crippen LogP contribution in [-0.2, 0) is 23.9 Å². The van der Waals surface area contributed by atoms with E-state index in [1.807, 2.05) is 0 Å². The van der Waals surface area contributed by atoms with E-state index >= 15 is 0 Å². The number of nitrogens with one attached hydrogen (secondary N) is 1. The maximum Gasteiger partial charge on any atom is 0.352 e. The molecular weight excluding hydrogens is 438 g/mol. The highest BCUT2D eigenvalue weighted by Gasteiger charge is 2.54. The number of oxime groups is 1. The minimum atomic E-state index is -1.32. The quantitative estimate of drug-likeness (QED) is 0.188. The van der Waals surface area contributed by atoms with Gasteiger partial charge in [-0.3, -0.25) is 19.3 Å². The predicted molar refractivity (Wildman–Crippen MR) is 115 cm³/mol. The zero-order valence-corrected chi connectivity index (χ0v) is 18.5. The molecule has 0 unspecified atom stereocenters. The van der Waals surface area contributed by atoms with Crippen molar-refractivity contribution in [2.45, 2.75) is 32.2 Å². The number of fused-ring (bicyclic) bond motifs is 1. The molecule has 1 fully saturated rings. The highest BCUT2D eigenvalue weighted by Crippen LogP contribution is 2.40. The molecular formula is C21H23N3O7S. The van der Waals surface area contributed by atoms with Crippen LogP contribution < -0.4 is 5.32 Å². The van der Waals surface area contributed by atoms with Crippen molar-refractivity contribution in [1.82, 2.24) is 10.2 Å². The SMILES string of the molecule is CC(C)(C)C(=O)OCC1=C(C(=O)O)N2C(=O)[C@@H](NC(=O)/C(=N/O)c3ccccc3)[C@H]2SC1. The van der Waals surface area contributed by atoms with Gasteiger partial charge in [-0.05, 0) is 20.8 Å². The fraction of sp³-hybridized carbons (Fsp3) is 0.381. The summed E-state index contributed by atoms with van der Waals surface area (Å²) in [6.07, 6.45) is 0. The molecule has 2 aliphatic heterocycles. The van der Waals surface area contributed by atoms with E-state index in [0.29, 0.717) is 11.1 Å². The molecule has 0 spiro atoms. The van der Waals surface area contributed by atoms with Gasteiger partial charge < -0.3 is 20.4 Å². The summed E-state index contributed by atoms with van der Waals surface area (Å²) in [5.74, 6) is -2.98. The third-order valence-electron chi connectivity index (χ3n) is 4.89. The molecule has 2 aliphatic rings. The number of carbonyl (C=O) groups is 4. The molecule has 2 atom stereocenters. The summed E-state index contributed by atoms with van der Waals surface area (Å²) in [4.78, 5) is 50.3. The van der Waals surface area contributed by atoms with Gasteiger partial charge in [0.15, 0.2) is 5.71 Å². The van der Waals surface area contributed by atoms with Crippen molar-refractivity contribution in [3.05, 3.63) is 47.2 Å². The number of aliphatic carboxylic acids is 1. The summed E-state index contributed by atoms with van der Waals surface area (Å²) in [5, 5.41) is 23.8. The van der Waals surface area contributed by atoms with E-state index < -0.39 is 40.6 Å². The average Bonchev–Trinajstić information content (AvgIpc) is 2.75. The molecule has 0 bridgehead atoms. The Morgan fingerprint density at radius 2 is 1.91 bits per heavy atom. The molecule has 3 rings (SSSR count). The van der Waals surface area contributed by atoms with E-state index in [0.717, 1.165) is 4.90 Å². The van der Waals surface area contributed by atoms with Crippen molar-refractivity contribution < 1.29 is 34.2 Å². The van der Waals surface area contributed by atoms with Crippen LogP contribution in [0.2, 0.25) is 0 Å². The van der Waals surface area contributed by atoms with Crippen LogP contribution in [0.3, 0.4) is 0 Å². The van der Waals surface area contributed by atoms with Crippen LogP contribution in [0.4, 0.5) is 0 Å². The number of rotatable bonds is 6. The third kappa shape index (κ3) is 4.47. The van der Waals surface area contributed by atoms with Crippen LogP contribution >= 0.6 is 11.8 Å². The van der Waals surface area contributed by atoms with Crippen LogP contribution in [0.5, 0.6) is 0 Å². The van der Waals surface area contributed by atoms with Crippen molar-refractivity contribution in [3.63, 3.8) is 0 Å². The van der Waals surface area contributed by atoms with E-state index in [4.69, 9.17) is 4.74 Å². The Hall–Kier alpha value is -3.34. The lowest BCUT2D eigenvalue weighted by atomic mass is 9.97. The smallest absolute Gasteiger partial charge is 0.352 e. The lowest BCUT2D eigenvalue weighted by Crippen LogP contribution is -2.71. The molecule has 0 radical (unpaired) electrons. The molecule has 0 aromatic heterocycles. The number of carbonyl (C=O) groups excluding carboxylic acids is 3. The zero-order chi connectivity index (χ0) is 23.6. The van der Waals surface area contributed by atoms with Crippen molar-refractivity contribution in [2.75, 3.05) is 12.4 Å². The number of esters is 1. The first-order valence-corrected chi connectivity index (χ1v) is 10.8. The number of nitrogens with zero attached hydrogens (tertiary/aromatic N) is 2. The number of carboxylic acid groups (broad SMARTS) is 1. The second-order valence-electron chi connectivity index (χ2n) is 8.26. The fourth-order valence-electron chi connectivity index (χ4n) is 3.20. The number of benzene rings is 1. The minimum absolute atomic E-state index is 0.208. The van der Waals surface area contributed by atoms with Gasteiger partial charge in [-0.25, -0.2) is 4.79 Å². The standard InChI is InChI=1S/C21H23N3O7S/c1-21(2,3)20(29)31-9-12-10-32-18-14(17(26)24(18)15(12)19(27)28)22-16(25)13(23-30)11-7-5-4-6-8-11/h4-8,14,18,30H,9-10H2,1-3H3,(H,22,25)(H,27,28)/b23-13+/t14-,18-/m1/s1. The Morgan fingerprint density at radius 3 is 2.47 bits per heavy atom. The molecule has 170 valence electrons. The number of amides is 2. The molecule has 11 heteroatoms. The highest BCUT2D eigenvalue weighted by molar-refractivity contribution is 8.00. The molecule has 1 saturated heterocycles. The maximum atomic E-state index is 12.7. The summed E-state index contributed by atoms with van der Waals surface area (Å²) in [7, 11) is 0. The zero-order valence-electron chi connectivity index (χ0n) is 17.7. The van der Waals surface area contributed by atoms with Gasteiger partial charge in [0.05, 0.1) is 5.41 Å². The molecule has 3 N–H and O–H groups in total.